The second-order valence-electron chi connectivity index (χ2n) is 5.70. The van der Waals surface area contributed by atoms with E-state index in [0.717, 1.165) is 25.6 Å². The molecule has 0 radical (unpaired) electrons. The quantitative estimate of drug-likeness (QED) is 0.714. The van der Waals surface area contributed by atoms with Crippen molar-refractivity contribution in [1.29, 1.82) is 0 Å². The van der Waals surface area contributed by atoms with Gasteiger partial charge in [0.15, 0.2) is 0 Å². The molecule has 1 heterocycles. The zero-order valence-corrected chi connectivity index (χ0v) is 12.2. The molecule has 0 atom stereocenters. The summed E-state index contributed by atoms with van der Waals surface area (Å²) in [4.78, 5) is 6.55. The number of nitrogens with one attached hydrogen (secondary N) is 1. The monoisotopic (exact) mass is 254 g/mol. The van der Waals surface area contributed by atoms with Crippen molar-refractivity contribution in [3.63, 3.8) is 0 Å². The first-order valence-corrected chi connectivity index (χ1v) is 6.33. The zero-order chi connectivity index (χ0) is 13.6. The Morgan fingerprint density at radius 3 is 2.78 bits per heavy atom. The molecule has 0 aliphatic carbocycles. The van der Waals surface area contributed by atoms with Gasteiger partial charge in [0.05, 0.1) is 6.61 Å². The van der Waals surface area contributed by atoms with Crippen LogP contribution in [0.25, 0.3) is 0 Å². The summed E-state index contributed by atoms with van der Waals surface area (Å²) in [6, 6.07) is 0. The van der Waals surface area contributed by atoms with Gasteiger partial charge in [-0.1, -0.05) is 13.8 Å². The summed E-state index contributed by atoms with van der Waals surface area (Å²) >= 11 is 0. The third-order valence-corrected chi connectivity index (χ3v) is 2.65. The van der Waals surface area contributed by atoms with Gasteiger partial charge in [0.1, 0.15) is 0 Å². The van der Waals surface area contributed by atoms with Crippen molar-refractivity contribution in [2.75, 3.05) is 46.2 Å². The van der Waals surface area contributed by atoms with E-state index >= 15 is 0 Å². The molecule has 1 N–H and O–H groups in total. The molecule has 18 heavy (non-hydrogen) atoms. The lowest BCUT2D eigenvalue weighted by molar-refractivity contribution is 0.208. The molecule has 0 unspecified atom stereocenters. The molecular formula is C13H26N4O. The van der Waals surface area contributed by atoms with Gasteiger partial charge in [-0.25, -0.2) is 4.98 Å². The van der Waals surface area contributed by atoms with Gasteiger partial charge in [0, 0.05) is 39.1 Å². The molecule has 0 saturated carbocycles. The van der Waals surface area contributed by atoms with Crippen LogP contribution >= 0.6 is 0 Å². The highest BCUT2D eigenvalue weighted by molar-refractivity contribution is 5.25. The van der Waals surface area contributed by atoms with Crippen molar-refractivity contribution in [1.82, 2.24) is 14.5 Å². The van der Waals surface area contributed by atoms with E-state index < -0.39 is 0 Å². The van der Waals surface area contributed by atoms with Gasteiger partial charge in [-0.15, -0.1) is 0 Å². The summed E-state index contributed by atoms with van der Waals surface area (Å²) in [7, 11) is 5.91. The number of nitrogens with zero attached hydrogens (tertiary/aromatic N) is 3. The number of hydrogen-bond acceptors (Lipinski definition) is 4. The number of imidazole rings is 1. The Balaban J connectivity index is 2.58. The van der Waals surface area contributed by atoms with E-state index in [1.54, 1.807) is 7.11 Å². The number of aromatic nitrogens is 2. The lowest BCUT2D eigenvalue weighted by Gasteiger charge is -2.29. The fourth-order valence-electron chi connectivity index (χ4n) is 2.24. The minimum absolute atomic E-state index is 0.210. The largest absolute Gasteiger partial charge is 0.383 e. The smallest absolute Gasteiger partial charge is 0.202 e. The van der Waals surface area contributed by atoms with E-state index in [4.69, 9.17) is 4.74 Å². The van der Waals surface area contributed by atoms with E-state index in [1.807, 2.05) is 12.4 Å². The van der Waals surface area contributed by atoms with Crippen LogP contribution in [0.4, 0.5) is 5.95 Å². The van der Waals surface area contributed by atoms with E-state index in [1.165, 1.54) is 0 Å². The second kappa shape index (κ2) is 6.75. The van der Waals surface area contributed by atoms with Gasteiger partial charge in [0.2, 0.25) is 5.95 Å². The molecule has 5 nitrogen and oxygen atoms in total. The first-order valence-electron chi connectivity index (χ1n) is 6.33. The first kappa shape index (κ1) is 15.0. The lowest BCUT2D eigenvalue weighted by Crippen LogP contribution is -2.32. The zero-order valence-electron chi connectivity index (χ0n) is 12.2. The summed E-state index contributed by atoms with van der Waals surface area (Å²) in [6.45, 7) is 8.00. The molecule has 0 spiro atoms. The van der Waals surface area contributed by atoms with Crippen molar-refractivity contribution in [3.05, 3.63) is 12.4 Å². The highest BCUT2D eigenvalue weighted by Crippen LogP contribution is 2.21. The van der Waals surface area contributed by atoms with Crippen LogP contribution in [0.1, 0.15) is 13.8 Å². The molecule has 5 heteroatoms. The Morgan fingerprint density at radius 1 is 1.44 bits per heavy atom. The van der Waals surface area contributed by atoms with Gasteiger partial charge in [0.25, 0.3) is 0 Å². The first-order chi connectivity index (χ1) is 8.44. The van der Waals surface area contributed by atoms with E-state index in [0.29, 0.717) is 6.61 Å². The third-order valence-electron chi connectivity index (χ3n) is 2.65. The van der Waals surface area contributed by atoms with Crippen LogP contribution in [0.15, 0.2) is 12.4 Å². The summed E-state index contributed by atoms with van der Waals surface area (Å²) in [6.07, 6.45) is 3.85. The van der Waals surface area contributed by atoms with Crippen molar-refractivity contribution in [3.8, 4) is 0 Å². The minimum Gasteiger partial charge on any atom is -0.383 e. The molecule has 0 saturated heterocycles. The molecular weight excluding hydrogens is 228 g/mol. The third kappa shape index (κ3) is 5.06. The Labute approximate surface area is 110 Å². The van der Waals surface area contributed by atoms with Gasteiger partial charge in [-0.3, -0.25) is 0 Å². The van der Waals surface area contributed by atoms with Crippen LogP contribution in [0.5, 0.6) is 0 Å². The second-order valence-corrected chi connectivity index (χ2v) is 5.70. The maximum absolute atomic E-state index is 5.03. The Kier molecular flexibility index (Phi) is 5.62. The van der Waals surface area contributed by atoms with Crippen LogP contribution in [-0.2, 0) is 11.3 Å². The predicted molar refractivity (Wildman–Crippen MR) is 74.9 cm³/mol. The molecule has 0 bridgehead atoms. The predicted octanol–water partition coefficient (Wildman–Crippen LogP) is 1.53. The van der Waals surface area contributed by atoms with E-state index in [2.05, 4.69) is 47.7 Å². The molecule has 104 valence electrons. The average molecular weight is 254 g/mol. The fourth-order valence-corrected chi connectivity index (χ4v) is 2.24. The average Bonchev–Trinajstić information content (AvgIpc) is 2.63. The minimum atomic E-state index is 0.210. The number of methoxy groups -OCH3 is 1. The standard InChI is InChI=1S/C13H26N4O/c1-13(2,10-16(3)4)11-17-8-6-14-12(17)15-7-9-18-5/h6,8H,7,9-11H2,1-5H3,(H,14,15). The molecule has 1 aromatic heterocycles. The van der Waals surface area contributed by atoms with Crippen LogP contribution in [-0.4, -0.2) is 55.4 Å². The number of rotatable bonds is 8. The van der Waals surface area contributed by atoms with Crippen LogP contribution in [0, 0.1) is 5.41 Å². The maximum Gasteiger partial charge on any atom is 0.202 e. The normalized spacial score (nSPS) is 12.1. The van der Waals surface area contributed by atoms with Crippen LogP contribution in [0.3, 0.4) is 0 Å². The molecule has 1 aromatic rings. The summed E-state index contributed by atoms with van der Waals surface area (Å²) in [5, 5.41) is 3.28. The highest BCUT2D eigenvalue weighted by Gasteiger charge is 2.20. The summed E-state index contributed by atoms with van der Waals surface area (Å²) in [5.74, 6) is 0.916. The number of ether oxygens (including phenoxy) is 1. The van der Waals surface area contributed by atoms with E-state index in [9.17, 15) is 0 Å². The molecule has 0 aliphatic heterocycles. The topological polar surface area (TPSA) is 42.3 Å². The Bertz CT molecular complexity index is 347. The number of anilines is 1. The Morgan fingerprint density at radius 2 is 2.17 bits per heavy atom. The van der Waals surface area contributed by atoms with Crippen molar-refractivity contribution in [2.45, 2.75) is 20.4 Å². The van der Waals surface area contributed by atoms with Crippen LogP contribution < -0.4 is 5.32 Å². The number of hydrogen-bond donors (Lipinski definition) is 1. The highest BCUT2D eigenvalue weighted by atomic mass is 16.5. The Hall–Kier alpha value is -1.07. The summed E-state index contributed by atoms with van der Waals surface area (Å²) < 4.78 is 7.19. The molecule has 0 fully saturated rings. The van der Waals surface area contributed by atoms with E-state index in [-0.39, 0.29) is 5.41 Å². The van der Waals surface area contributed by atoms with Crippen molar-refractivity contribution in [2.24, 2.45) is 5.41 Å². The van der Waals surface area contributed by atoms with Gasteiger partial charge in [-0.2, -0.15) is 0 Å². The SMILES string of the molecule is COCCNc1nccn1CC(C)(C)CN(C)C. The fraction of sp³-hybridized carbons (Fsp3) is 0.769. The lowest BCUT2D eigenvalue weighted by atomic mass is 9.93. The maximum atomic E-state index is 5.03. The molecule has 0 amide bonds. The van der Waals surface area contributed by atoms with Crippen LogP contribution in [0.2, 0.25) is 0 Å². The molecule has 1 rings (SSSR count). The van der Waals surface area contributed by atoms with Crippen molar-refractivity contribution < 1.29 is 4.74 Å². The van der Waals surface area contributed by atoms with Gasteiger partial charge in [-0.05, 0) is 19.5 Å². The molecule has 0 aliphatic rings. The van der Waals surface area contributed by atoms with Gasteiger partial charge < -0.3 is 19.5 Å². The summed E-state index contributed by atoms with van der Waals surface area (Å²) in [5.41, 5.74) is 0.210. The molecule has 0 aromatic carbocycles. The van der Waals surface area contributed by atoms with Gasteiger partial charge >= 0.3 is 0 Å². The van der Waals surface area contributed by atoms with Crippen molar-refractivity contribution >= 4 is 5.95 Å².